The van der Waals surface area contributed by atoms with E-state index < -0.39 is 18.0 Å². The van der Waals surface area contributed by atoms with Gasteiger partial charge in [0.15, 0.2) is 0 Å². The van der Waals surface area contributed by atoms with Gasteiger partial charge in [-0.25, -0.2) is 9.18 Å². The molecule has 0 unspecified atom stereocenters. The lowest BCUT2D eigenvalue weighted by Crippen LogP contribution is -2.50. The Kier molecular flexibility index (Phi) is 7.08. The molecule has 192 valence electrons. The van der Waals surface area contributed by atoms with Crippen LogP contribution in [0.5, 0.6) is 5.75 Å². The minimum atomic E-state index is -0.564. The van der Waals surface area contributed by atoms with E-state index in [1.165, 1.54) is 12.1 Å². The maximum absolute atomic E-state index is 13.9. The first-order valence-corrected chi connectivity index (χ1v) is 12.3. The molecule has 2 aromatic carbocycles. The van der Waals surface area contributed by atoms with Crippen molar-refractivity contribution in [2.24, 2.45) is 0 Å². The summed E-state index contributed by atoms with van der Waals surface area (Å²) in [5.74, 6) is 0.112. The lowest BCUT2D eigenvalue weighted by atomic mass is 9.84. The molecule has 3 aliphatic heterocycles. The fourth-order valence-electron chi connectivity index (χ4n) is 5.19. The molecule has 2 fully saturated rings. The molecule has 0 bridgehead atoms. The van der Waals surface area contributed by atoms with Crippen molar-refractivity contribution in [1.29, 1.82) is 0 Å². The number of fused-ring (bicyclic) bond motifs is 3. The molecule has 2 saturated heterocycles. The highest BCUT2D eigenvalue weighted by Gasteiger charge is 2.46. The number of nitrogens with zero attached hydrogens (tertiary/aromatic N) is 2. The first-order valence-electron chi connectivity index (χ1n) is 12.3. The minimum absolute atomic E-state index is 0.0580. The highest BCUT2D eigenvalue weighted by molar-refractivity contribution is 5.99. The Morgan fingerprint density at radius 1 is 1.11 bits per heavy atom. The van der Waals surface area contributed by atoms with Gasteiger partial charge in [0, 0.05) is 43.3 Å². The molecule has 0 radical (unpaired) electrons. The number of rotatable bonds is 5. The Bertz CT molecular complexity index is 1120. The van der Waals surface area contributed by atoms with Crippen molar-refractivity contribution >= 4 is 23.3 Å². The van der Waals surface area contributed by atoms with Crippen LogP contribution in [0.15, 0.2) is 42.5 Å². The predicted octanol–water partition coefficient (Wildman–Crippen LogP) is 2.63. The van der Waals surface area contributed by atoms with Gasteiger partial charge in [-0.05, 0) is 43.8 Å². The summed E-state index contributed by atoms with van der Waals surface area (Å²) in [5.41, 5.74) is 1.51. The van der Waals surface area contributed by atoms with Crippen LogP contribution in [0.4, 0.5) is 20.6 Å². The number of carbonyl (C=O) groups is 2. The number of piperazine rings is 1. The molecule has 9 nitrogen and oxygen atoms in total. The molecule has 10 heteroatoms. The third-order valence-electron chi connectivity index (χ3n) is 7.14. The zero-order chi connectivity index (χ0) is 25.2. The average molecular weight is 499 g/mol. The first-order chi connectivity index (χ1) is 17.4. The zero-order valence-electron chi connectivity index (χ0n) is 20.2. The number of amides is 3. The molecule has 3 N–H and O–H groups in total. The van der Waals surface area contributed by atoms with E-state index in [0.717, 1.165) is 18.7 Å². The van der Waals surface area contributed by atoms with Crippen LogP contribution in [0, 0.1) is 5.82 Å². The summed E-state index contributed by atoms with van der Waals surface area (Å²) in [6.45, 7) is 2.89. The number of halogens is 1. The summed E-state index contributed by atoms with van der Waals surface area (Å²) in [6.07, 6.45) is -0.448. The maximum atomic E-state index is 13.9. The summed E-state index contributed by atoms with van der Waals surface area (Å²) in [6, 6.07) is 10.7. The van der Waals surface area contributed by atoms with Gasteiger partial charge in [-0.1, -0.05) is 12.1 Å². The third kappa shape index (κ3) is 5.16. The van der Waals surface area contributed by atoms with Gasteiger partial charge in [0.2, 0.25) is 5.91 Å². The van der Waals surface area contributed by atoms with Crippen LogP contribution in [0.3, 0.4) is 0 Å². The van der Waals surface area contributed by atoms with E-state index in [1.807, 2.05) is 18.0 Å². The molecule has 3 aliphatic rings. The summed E-state index contributed by atoms with van der Waals surface area (Å²) in [7, 11) is 2.04. The number of hydrogen-bond acceptors (Lipinski definition) is 6. The third-order valence-corrected chi connectivity index (χ3v) is 7.14. The van der Waals surface area contributed by atoms with E-state index in [-0.39, 0.29) is 42.7 Å². The number of para-hydroxylation sites is 1. The monoisotopic (exact) mass is 498 g/mol. The lowest BCUT2D eigenvalue weighted by Gasteiger charge is -2.38. The molecule has 3 heterocycles. The smallest absolute Gasteiger partial charge is 0.323 e. The van der Waals surface area contributed by atoms with E-state index in [0.29, 0.717) is 30.9 Å². The second-order valence-electron chi connectivity index (χ2n) is 9.60. The number of benzene rings is 2. The Morgan fingerprint density at radius 2 is 1.89 bits per heavy atom. The zero-order valence-corrected chi connectivity index (χ0v) is 20.2. The number of anilines is 2. The fourth-order valence-corrected chi connectivity index (χ4v) is 5.19. The Morgan fingerprint density at radius 3 is 2.64 bits per heavy atom. The largest absolute Gasteiger partial charge is 0.487 e. The molecule has 0 aliphatic carbocycles. The minimum Gasteiger partial charge on any atom is -0.487 e. The topological polar surface area (TPSA) is 103 Å². The number of likely N-dealkylation sites (N-methyl/N-ethyl adjacent to an activating group) is 1. The lowest BCUT2D eigenvalue weighted by molar-refractivity contribution is -0.150. The maximum Gasteiger partial charge on any atom is 0.323 e. The normalized spacial score (nSPS) is 25.5. The van der Waals surface area contributed by atoms with Crippen molar-refractivity contribution in [2.75, 3.05) is 50.5 Å². The molecule has 0 aromatic heterocycles. The van der Waals surface area contributed by atoms with E-state index in [1.54, 1.807) is 24.3 Å². The van der Waals surface area contributed by atoms with Crippen LogP contribution in [0.25, 0.3) is 0 Å². The van der Waals surface area contributed by atoms with Gasteiger partial charge in [-0.15, -0.1) is 0 Å². The average Bonchev–Trinajstić information content (AvgIpc) is 3.23. The summed E-state index contributed by atoms with van der Waals surface area (Å²) < 4.78 is 26.1. The number of nitrogens with one attached hydrogen (secondary N) is 2. The van der Waals surface area contributed by atoms with Gasteiger partial charge in [-0.2, -0.15) is 0 Å². The van der Waals surface area contributed by atoms with E-state index >= 15 is 0 Å². The Labute approximate surface area is 209 Å². The highest BCUT2D eigenvalue weighted by atomic mass is 19.1. The van der Waals surface area contributed by atoms with E-state index in [2.05, 4.69) is 15.5 Å². The Hall–Kier alpha value is -3.21. The molecule has 5 rings (SSSR count). The van der Waals surface area contributed by atoms with Crippen LogP contribution in [-0.2, 0) is 9.53 Å². The standard InChI is InChI=1S/C26H31FN4O5/c1-30-8-10-31(11-9-30)24(33)14-17-13-19-18-12-16(6-7-22(18)36-25(19)23(15-32)35-17)28-26(34)29-21-5-3-2-4-20(21)27/h2-7,12,17,19,23,25,32H,8-11,13-15H2,1H3,(H2,28,29,34)/t17-,19-,23+,25+/m1/s1. The van der Waals surface area contributed by atoms with Crippen molar-refractivity contribution in [2.45, 2.75) is 37.1 Å². The van der Waals surface area contributed by atoms with Gasteiger partial charge in [0.25, 0.3) is 0 Å². The highest BCUT2D eigenvalue weighted by Crippen LogP contribution is 2.47. The van der Waals surface area contributed by atoms with Crippen LogP contribution >= 0.6 is 0 Å². The summed E-state index contributed by atoms with van der Waals surface area (Å²) >= 11 is 0. The SMILES string of the molecule is CN1CCN(C(=O)C[C@H]2C[C@@H]3c4cc(NC(=O)Nc5ccccc5F)ccc4O[C@@H]3[C@H](CO)O2)CC1. The van der Waals surface area contributed by atoms with Crippen LogP contribution in [0.2, 0.25) is 0 Å². The van der Waals surface area contributed by atoms with Crippen molar-refractivity contribution in [3.8, 4) is 5.75 Å². The number of aliphatic hydroxyl groups is 1. The van der Waals surface area contributed by atoms with Crippen LogP contribution < -0.4 is 15.4 Å². The quantitative estimate of drug-likeness (QED) is 0.586. The second kappa shape index (κ2) is 10.4. The molecule has 3 amide bonds. The molecule has 0 spiro atoms. The van der Waals surface area contributed by atoms with Crippen molar-refractivity contribution in [3.05, 3.63) is 53.8 Å². The summed E-state index contributed by atoms with van der Waals surface area (Å²) in [5, 5.41) is 15.2. The van der Waals surface area contributed by atoms with E-state index in [4.69, 9.17) is 9.47 Å². The van der Waals surface area contributed by atoms with Gasteiger partial charge in [0.1, 0.15) is 23.8 Å². The van der Waals surface area contributed by atoms with Gasteiger partial charge >= 0.3 is 6.03 Å². The predicted molar refractivity (Wildman–Crippen MR) is 132 cm³/mol. The molecule has 36 heavy (non-hydrogen) atoms. The van der Waals surface area contributed by atoms with Gasteiger partial charge in [-0.3, -0.25) is 4.79 Å². The number of aliphatic hydroxyl groups excluding tert-OH is 1. The summed E-state index contributed by atoms with van der Waals surface area (Å²) in [4.78, 5) is 29.4. The van der Waals surface area contributed by atoms with Crippen molar-refractivity contribution < 1.29 is 28.6 Å². The van der Waals surface area contributed by atoms with Crippen molar-refractivity contribution in [1.82, 2.24) is 9.80 Å². The van der Waals surface area contributed by atoms with Gasteiger partial charge in [0.05, 0.1) is 24.8 Å². The first kappa shape index (κ1) is 24.5. The number of carbonyl (C=O) groups excluding carboxylic acids is 2. The second-order valence-corrected chi connectivity index (χ2v) is 9.60. The van der Waals surface area contributed by atoms with Crippen LogP contribution in [-0.4, -0.2) is 85.0 Å². The number of urea groups is 1. The number of hydrogen-bond donors (Lipinski definition) is 3. The fraction of sp³-hybridized carbons (Fsp3) is 0.462. The molecular weight excluding hydrogens is 467 g/mol. The molecular formula is C26H31FN4O5. The molecule has 4 atom stereocenters. The molecule has 0 saturated carbocycles. The number of ether oxygens (including phenoxy) is 2. The molecule has 2 aromatic rings. The Balaban J connectivity index is 1.27. The van der Waals surface area contributed by atoms with E-state index in [9.17, 15) is 19.1 Å². The van der Waals surface area contributed by atoms with Crippen LogP contribution in [0.1, 0.15) is 24.3 Å². The van der Waals surface area contributed by atoms with Gasteiger partial charge < -0.3 is 35.0 Å². The van der Waals surface area contributed by atoms with Crippen molar-refractivity contribution in [3.63, 3.8) is 0 Å².